The van der Waals surface area contributed by atoms with Crippen molar-refractivity contribution < 1.29 is 0 Å². The van der Waals surface area contributed by atoms with Crippen molar-refractivity contribution in [3.63, 3.8) is 0 Å². The second-order valence-electron chi connectivity index (χ2n) is 17.3. The van der Waals surface area contributed by atoms with E-state index in [0.29, 0.717) is 0 Å². The molecule has 66 heavy (non-hydrogen) atoms. The Morgan fingerprint density at radius 2 is 0.591 bits per heavy atom. The van der Waals surface area contributed by atoms with Crippen LogP contribution >= 0.6 is 0 Å². The third kappa shape index (κ3) is 6.18. The zero-order valence-corrected chi connectivity index (χ0v) is 36.1. The molecule has 13 aromatic rings. The van der Waals surface area contributed by atoms with Gasteiger partial charge in [0.1, 0.15) is 0 Å². The van der Waals surface area contributed by atoms with Crippen LogP contribution in [0.4, 0.5) is 0 Å². The van der Waals surface area contributed by atoms with Gasteiger partial charge in [0.25, 0.3) is 0 Å². The summed E-state index contributed by atoms with van der Waals surface area (Å²) in [4.78, 5) is 0. The third-order valence-corrected chi connectivity index (χ3v) is 13.5. The Hall–Kier alpha value is -8.72. The molecule has 0 aliphatic carbocycles. The maximum Gasteiger partial charge on any atom is 0.0541 e. The van der Waals surface area contributed by atoms with Crippen molar-refractivity contribution in [3.8, 4) is 44.8 Å². The molecule has 0 bridgehead atoms. The summed E-state index contributed by atoms with van der Waals surface area (Å²) in [5.74, 6) is 0. The van der Waals surface area contributed by atoms with Crippen LogP contribution in [0.3, 0.4) is 0 Å². The van der Waals surface area contributed by atoms with Gasteiger partial charge in [-0.2, -0.15) is 0 Å². The van der Waals surface area contributed by atoms with Crippen LogP contribution in [-0.4, -0.2) is 9.13 Å². The first-order chi connectivity index (χ1) is 32.7. The summed E-state index contributed by atoms with van der Waals surface area (Å²) in [5.41, 5.74) is 16.7. The molecule has 0 aliphatic heterocycles. The number of rotatable bonds is 7. The zero-order valence-electron chi connectivity index (χ0n) is 36.1. The molecule has 11 aromatic carbocycles. The lowest BCUT2D eigenvalue weighted by Crippen LogP contribution is -1.95. The lowest BCUT2D eigenvalue weighted by molar-refractivity contribution is 1.18. The van der Waals surface area contributed by atoms with E-state index in [1.807, 2.05) is 0 Å². The average Bonchev–Trinajstić information content (AvgIpc) is 3.91. The zero-order chi connectivity index (χ0) is 43.6. The summed E-state index contributed by atoms with van der Waals surface area (Å²) in [7, 11) is 0. The molecule has 0 saturated carbocycles. The topological polar surface area (TPSA) is 9.86 Å². The first kappa shape index (κ1) is 37.8. The molecular weight excluding hydrogens is 797 g/mol. The van der Waals surface area contributed by atoms with Gasteiger partial charge >= 0.3 is 0 Å². The van der Waals surface area contributed by atoms with Gasteiger partial charge in [0, 0.05) is 32.9 Å². The van der Waals surface area contributed by atoms with Crippen molar-refractivity contribution in [1.82, 2.24) is 9.13 Å². The van der Waals surface area contributed by atoms with E-state index in [4.69, 9.17) is 0 Å². The summed E-state index contributed by atoms with van der Waals surface area (Å²) < 4.78 is 4.79. The molecule has 0 atom stereocenters. The number of nitrogens with zero attached hydrogens (tertiary/aromatic N) is 2. The van der Waals surface area contributed by atoms with E-state index in [9.17, 15) is 0 Å². The van der Waals surface area contributed by atoms with E-state index < -0.39 is 0 Å². The van der Waals surface area contributed by atoms with Crippen LogP contribution in [0.1, 0.15) is 11.1 Å². The molecule has 0 N–H and O–H groups in total. The van der Waals surface area contributed by atoms with Crippen molar-refractivity contribution in [1.29, 1.82) is 0 Å². The van der Waals surface area contributed by atoms with E-state index in [0.717, 1.165) is 11.4 Å². The molecule has 0 radical (unpaired) electrons. The van der Waals surface area contributed by atoms with E-state index in [2.05, 4.69) is 264 Å². The fraction of sp³-hybridized carbons (Fsp3) is 0. The highest BCUT2D eigenvalue weighted by molar-refractivity contribution is 6.22. The van der Waals surface area contributed by atoms with Crippen LogP contribution in [-0.2, 0) is 0 Å². The second-order valence-corrected chi connectivity index (χ2v) is 17.3. The molecule has 0 spiro atoms. The highest BCUT2D eigenvalue weighted by atomic mass is 15.0. The highest BCUT2D eigenvalue weighted by Gasteiger charge is 2.20. The highest BCUT2D eigenvalue weighted by Crippen LogP contribution is 2.46. The number of hydrogen-bond donors (Lipinski definition) is 0. The van der Waals surface area contributed by atoms with Crippen LogP contribution in [0.5, 0.6) is 0 Å². The molecule has 2 heterocycles. The van der Waals surface area contributed by atoms with Crippen molar-refractivity contribution in [2.45, 2.75) is 0 Å². The number of fused-ring (bicyclic) bond motifs is 8. The molecule has 13 rings (SSSR count). The van der Waals surface area contributed by atoms with Gasteiger partial charge in [-0.3, -0.25) is 0 Å². The minimum absolute atomic E-state index is 1.14. The van der Waals surface area contributed by atoms with Gasteiger partial charge in [-0.25, -0.2) is 0 Å². The maximum atomic E-state index is 2.42. The van der Waals surface area contributed by atoms with Crippen molar-refractivity contribution in [2.75, 3.05) is 0 Å². The molecule has 0 amide bonds. The normalized spacial score (nSPS) is 11.9. The Morgan fingerprint density at radius 3 is 1.09 bits per heavy atom. The van der Waals surface area contributed by atoms with Crippen molar-refractivity contribution >= 4 is 77.3 Å². The van der Waals surface area contributed by atoms with Crippen LogP contribution in [0.25, 0.3) is 122 Å². The SMILES string of the molecule is C(=C\c1cccc(-c2ccc3c(-c4ccc(-n5c6ccccc6c6ccccc65)cc4)c4ccccc4c(-c4ccc(-n5c6ccccc6c6ccccc65)cc4)c3c2)c1)/c1ccccc1. The molecule has 0 saturated heterocycles. The third-order valence-electron chi connectivity index (χ3n) is 13.5. The predicted molar refractivity (Wildman–Crippen MR) is 282 cm³/mol. The van der Waals surface area contributed by atoms with Crippen LogP contribution < -0.4 is 0 Å². The Bertz CT molecular complexity index is 3910. The molecule has 0 aliphatic rings. The summed E-state index contributed by atoms with van der Waals surface area (Å²) in [6.07, 6.45) is 4.39. The lowest BCUT2D eigenvalue weighted by atomic mass is 9.84. The largest absolute Gasteiger partial charge is 0.309 e. The molecule has 308 valence electrons. The number of benzene rings is 11. The molecule has 2 nitrogen and oxygen atoms in total. The van der Waals surface area contributed by atoms with Gasteiger partial charge in [0.2, 0.25) is 0 Å². The fourth-order valence-corrected chi connectivity index (χ4v) is 10.5. The Labute approximate surface area is 383 Å². The van der Waals surface area contributed by atoms with Crippen LogP contribution in [0, 0.1) is 0 Å². The predicted octanol–water partition coefficient (Wildman–Crippen LogP) is 17.4. The molecule has 2 heteroatoms. The van der Waals surface area contributed by atoms with E-state index in [1.165, 1.54) is 110 Å². The van der Waals surface area contributed by atoms with E-state index in [-0.39, 0.29) is 0 Å². The van der Waals surface area contributed by atoms with Gasteiger partial charge in [-0.1, -0.05) is 194 Å². The lowest BCUT2D eigenvalue weighted by Gasteiger charge is -2.19. The van der Waals surface area contributed by atoms with Gasteiger partial charge in [0.05, 0.1) is 22.1 Å². The summed E-state index contributed by atoms with van der Waals surface area (Å²) in [5, 5.41) is 9.97. The van der Waals surface area contributed by atoms with Gasteiger partial charge in [0.15, 0.2) is 0 Å². The van der Waals surface area contributed by atoms with E-state index in [1.54, 1.807) is 0 Å². The minimum atomic E-state index is 1.14. The maximum absolute atomic E-state index is 2.42. The Balaban J connectivity index is 1.00. The standard InChI is InChI=1S/C64H42N2/c1-2-15-43(16-3-1)29-30-44-17-14-18-47(41-44)48-35-40-57-58(42-48)64(46-33-38-50(39-34-46)66-61-27-12-8-21-53(61)54-22-9-13-28-62(54)66)56-24-5-4-23-55(56)63(57)45-31-36-49(37-32-45)65-59-25-10-6-19-51(59)52-20-7-11-26-60(52)65/h1-42H/b30-29+. The number of aromatic nitrogens is 2. The molecule has 2 aromatic heterocycles. The van der Waals surface area contributed by atoms with Crippen molar-refractivity contribution in [2.24, 2.45) is 0 Å². The molecule has 0 fully saturated rings. The Morgan fingerprint density at radius 1 is 0.227 bits per heavy atom. The first-order valence-electron chi connectivity index (χ1n) is 22.8. The van der Waals surface area contributed by atoms with E-state index >= 15 is 0 Å². The minimum Gasteiger partial charge on any atom is -0.309 e. The smallest absolute Gasteiger partial charge is 0.0541 e. The number of para-hydroxylation sites is 4. The monoisotopic (exact) mass is 838 g/mol. The summed E-state index contributed by atoms with van der Waals surface area (Å²) in [6, 6.07) is 88.8. The average molecular weight is 839 g/mol. The molecular formula is C64H42N2. The van der Waals surface area contributed by atoms with Gasteiger partial charge in [-0.15, -0.1) is 0 Å². The Kier molecular flexibility index (Phi) is 8.89. The van der Waals surface area contributed by atoms with Crippen LogP contribution in [0.15, 0.2) is 243 Å². The fourth-order valence-electron chi connectivity index (χ4n) is 10.5. The summed E-state index contributed by atoms with van der Waals surface area (Å²) >= 11 is 0. The second kappa shape index (κ2) is 15.5. The van der Waals surface area contributed by atoms with Gasteiger partial charge in [-0.05, 0) is 127 Å². The van der Waals surface area contributed by atoms with Gasteiger partial charge < -0.3 is 9.13 Å². The molecule has 0 unspecified atom stereocenters. The van der Waals surface area contributed by atoms with Crippen LogP contribution in [0.2, 0.25) is 0 Å². The number of hydrogen-bond acceptors (Lipinski definition) is 0. The van der Waals surface area contributed by atoms with Crippen molar-refractivity contribution in [3.05, 3.63) is 254 Å². The first-order valence-corrected chi connectivity index (χ1v) is 22.8. The summed E-state index contributed by atoms with van der Waals surface area (Å²) in [6.45, 7) is 0. The quantitative estimate of drug-likeness (QED) is 0.112.